The Morgan fingerprint density at radius 3 is 2.61 bits per heavy atom. The van der Waals surface area contributed by atoms with Gasteiger partial charge in [-0.1, -0.05) is 0 Å². The molecule has 1 saturated heterocycles. The summed E-state index contributed by atoms with van der Waals surface area (Å²) in [7, 11) is 0. The van der Waals surface area contributed by atoms with Crippen molar-refractivity contribution in [1.29, 1.82) is 0 Å². The lowest BCUT2D eigenvalue weighted by Gasteiger charge is -2.24. The van der Waals surface area contributed by atoms with Gasteiger partial charge in [0.25, 0.3) is 0 Å². The first-order chi connectivity index (χ1) is 8.35. The number of amides is 1. The maximum absolute atomic E-state index is 11.9. The number of nitrogens with zero attached hydrogens (tertiary/aromatic N) is 1. The van der Waals surface area contributed by atoms with Crippen LogP contribution in [0.4, 0.5) is 4.79 Å². The van der Waals surface area contributed by atoms with Crippen molar-refractivity contribution in [3.8, 4) is 0 Å². The highest BCUT2D eigenvalue weighted by Gasteiger charge is 2.35. The van der Waals surface area contributed by atoms with E-state index in [2.05, 4.69) is 0 Å². The molecule has 1 aliphatic carbocycles. The van der Waals surface area contributed by atoms with Crippen LogP contribution in [0.1, 0.15) is 46.5 Å². The fourth-order valence-corrected chi connectivity index (χ4v) is 2.53. The number of carbonyl (C=O) groups is 1. The fourth-order valence-electron chi connectivity index (χ4n) is 2.53. The minimum Gasteiger partial charge on any atom is -0.444 e. The molecule has 2 rings (SSSR count). The molecule has 1 N–H and O–H groups in total. The molecule has 2 aliphatic rings. The lowest BCUT2D eigenvalue weighted by molar-refractivity contribution is 0.0281. The van der Waals surface area contributed by atoms with Crippen LogP contribution in [0.2, 0.25) is 0 Å². The van der Waals surface area contributed by atoms with Gasteiger partial charge in [-0.15, -0.1) is 0 Å². The smallest absolute Gasteiger partial charge is 0.410 e. The molecule has 104 valence electrons. The van der Waals surface area contributed by atoms with Gasteiger partial charge >= 0.3 is 6.09 Å². The third-order valence-electron chi connectivity index (χ3n) is 3.68. The summed E-state index contributed by atoms with van der Waals surface area (Å²) in [5.74, 6) is 0.966. The van der Waals surface area contributed by atoms with Crippen LogP contribution < -0.4 is 0 Å². The first kappa shape index (κ1) is 13.7. The van der Waals surface area contributed by atoms with E-state index in [1.54, 1.807) is 4.90 Å². The fraction of sp³-hybridized carbons (Fsp3) is 0.929. The van der Waals surface area contributed by atoms with Gasteiger partial charge < -0.3 is 14.7 Å². The van der Waals surface area contributed by atoms with Crippen LogP contribution in [0, 0.1) is 11.8 Å². The van der Waals surface area contributed by atoms with Crippen molar-refractivity contribution >= 4 is 6.09 Å². The van der Waals surface area contributed by atoms with Gasteiger partial charge in [0.2, 0.25) is 0 Å². The highest BCUT2D eigenvalue weighted by atomic mass is 16.6. The highest BCUT2D eigenvalue weighted by Crippen LogP contribution is 2.36. The van der Waals surface area contributed by atoms with Gasteiger partial charge in [-0.05, 0) is 58.3 Å². The molecular weight excluding hydrogens is 230 g/mol. The number of rotatable bonds is 3. The van der Waals surface area contributed by atoms with Gasteiger partial charge in [-0.25, -0.2) is 4.79 Å². The summed E-state index contributed by atoms with van der Waals surface area (Å²) in [6.45, 7) is 7.15. The van der Waals surface area contributed by atoms with Crippen LogP contribution in [0.5, 0.6) is 0 Å². The molecule has 0 aromatic carbocycles. The van der Waals surface area contributed by atoms with Crippen molar-refractivity contribution in [2.45, 2.75) is 58.2 Å². The van der Waals surface area contributed by atoms with Gasteiger partial charge in [-0.3, -0.25) is 0 Å². The molecule has 1 heterocycles. The third-order valence-corrected chi connectivity index (χ3v) is 3.68. The van der Waals surface area contributed by atoms with Gasteiger partial charge in [0, 0.05) is 13.1 Å². The largest absolute Gasteiger partial charge is 0.444 e. The molecule has 1 amide bonds. The molecule has 1 unspecified atom stereocenters. The Morgan fingerprint density at radius 1 is 1.39 bits per heavy atom. The van der Waals surface area contributed by atoms with Crippen molar-refractivity contribution in [2.75, 3.05) is 13.1 Å². The molecule has 0 bridgehead atoms. The number of likely N-dealkylation sites (tertiary alicyclic amines) is 1. The molecule has 4 heteroatoms. The summed E-state index contributed by atoms with van der Waals surface area (Å²) in [5, 5.41) is 9.93. The van der Waals surface area contributed by atoms with Crippen molar-refractivity contribution in [3.05, 3.63) is 0 Å². The Bertz CT molecular complexity index is 307. The first-order valence-electron chi connectivity index (χ1n) is 7.01. The van der Waals surface area contributed by atoms with Crippen LogP contribution in [-0.2, 0) is 4.74 Å². The number of aliphatic hydroxyl groups is 1. The van der Waals surface area contributed by atoms with E-state index < -0.39 is 5.60 Å². The topological polar surface area (TPSA) is 49.8 Å². The zero-order valence-corrected chi connectivity index (χ0v) is 11.7. The minimum absolute atomic E-state index is 0.159. The van der Waals surface area contributed by atoms with Crippen molar-refractivity contribution < 1.29 is 14.6 Å². The second kappa shape index (κ2) is 5.08. The van der Waals surface area contributed by atoms with E-state index in [9.17, 15) is 9.90 Å². The molecular formula is C14H25NO3. The van der Waals surface area contributed by atoms with Crippen LogP contribution in [0.25, 0.3) is 0 Å². The third kappa shape index (κ3) is 3.87. The van der Waals surface area contributed by atoms with Gasteiger partial charge in [-0.2, -0.15) is 0 Å². The Hall–Kier alpha value is -0.770. The van der Waals surface area contributed by atoms with E-state index in [1.807, 2.05) is 20.8 Å². The Kier molecular flexibility index (Phi) is 3.85. The lowest BCUT2D eigenvalue weighted by Crippen LogP contribution is -2.35. The van der Waals surface area contributed by atoms with Crippen LogP contribution >= 0.6 is 0 Å². The SMILES string of the molecule is CC(C)(C)OC(=O)N1CC[C@@H](CC(O)C2CC2)C1. The summed E-state index contributed by atoms with van der Waals surface area (Å²) in [6.07, 6.45) is 3.79. The normalized spacial score (nSPS) is 26.2. The lowest BCUT2D eigenvalue weighted by atomic mass is 9.98. The average molecular weight is 255 g/mol. The van der Waals surface area contributed by atoms with E-state index in [1.165, 1.54) is 12.8 Å². The number of ether oxygens (including phenoxy) is 1. The summed E-state index contributed by atoms with van der Waals surface area (Å²) in [4.78, 5) is 13.7. The van der Waals surface area contributed by atoms with Gasteiger partial charge in [0.05, 0.1) is 6.10 Å². The van der Waals surface area contributed by atoms with Gasteiger partial charge in [0.1, 0.15) is 5.60 Å². The Labute approximate surface area is 109 Å². The van der Waals surface area contributed by atoms with E-state index in [0.717, 1.165) is 25.9 Å². The Morgan fingerprint density at radius 2 is 2.06 bits per heavy atom. The molecule has 2 fully saturated rings. The predicted molar refractivity (Wildman–Crippen MR) is 69.3 cm³/mol. The standard InChI is InChI=1S/C14H25NO3/c1-14(2,3)18-13(17)15-7-6-10(9-15)8-12(16)11-4-5-11/h10-12,16H,4-9H2,1-3H3/t10-,12?/m0/s1. The van der Waals surface area contributed by atoms with Crippen LogP contribution in [0.15, 0.2) is 0 Å². The first-order valence-corrected chi connectivity index (χ1v) is 7.01. The number of hydrogen-bond donors (Lipinski definition) is 1. The monoisotopic (exact) mass is 255 g/mol. The number of aliphatic hydroxyl groups excluding tert-OH is 1. The summed E-state index contributed by atoms with van der Waals surface area (Å²) in [6, 6.07) is 0. The molecule has 0 spiro atoms. The van der Waals surface area contributed by atoms with E-state index in [4.69, 9.17) is 4.74 Å². The van der Waals surface area contributed by atoms with Gasteiger partial charge in [0.15, 0.2) is 0 Å². The average Bonchev–Trinajstić information content (AvgIpc) is 2.97. The summed E-state index contributed by atoms with van der Waals surface area (Å²) in [5.41, 5.74) is -0.428. The van der Waals surface area contributed by atoms with E-state index in [-0.39, 0.29) is 12.2 Å². The van der Waals surface area contributed by atoms with Crippen molar-refractivity contribution in [2.24, 2.45) is 11.8 Å². The molecule has 1 saturated carbocycles. The molecule has 18 heavy (non-hydrogen) atoms. The minimum atomic E-state index is -0.428. The van der Waals surface area contributed by atoms with E-state index >= 15 is 0 Å². The molecule has 2 atom stereocenters. The maximum atomic E-state index is 11.9. The molecule has 4 nitrogen and oxygen atoms in total. The van der Waals surface area contributed by atoms with Crippen molar-refractivity contribution in [1.82, 2.24) is 4.90 Å². The molecule has 0 aromatic rings. The zero-order valence-electron chi connectivity index (χ0n) is 11.7. The molecule has 0 radical (unpaired) electrons. The van der Waals surface area contributed by atoms with Crippen molar-refractivity contribution in [3.63, 3.8) is 0 Å². The second-order valence-corrected chi connectivity index (χ2v) is 6.72. The summed E-state index contributed by atoms with van der Waals surface area (Å²) >= 11 is 0. The maximum Gasteiger partial charge on any atom is 0.410 e. The van der Waals surface area contributed by atoms with Crippen LogP contribution in [-0.4, -0.2) is 40.9 Å². The molecule has 1 aliphatic heterocycles. The predicted octanol–water partition coefficient (Wildman–Crippen LogP) is 2.40. The highest BCUT2D eigenvalue weighted by molar-refractivity contribution is 5.68. The summed E-state index contributed by atoms with van der Waals surface area (Å²) < 4.78 is 5.36. The second-order valence-electron chi connectivity index (χ2n) is 6.72. The molecule has 0 aromatic heterocycles. The number of hydrogen-bond acceptors (Lipinski definition) is 3. The zero-order chi connectivity index (χ0) is 13.3. The quantitative estimate of drug-likeness (QED) is 0.842. The van der Waals surface area contributed by atoms with Crippen LogP contribution in [0.3, 0.4) is 0 Å². The number of carbonyl (C=O) groups excluding carboxylic acids is 1. The van der Waals surface area contributed by atoms with E-state index in [0.29, 0.717) is 11.8 Å². The Balaban J connectivity index is 1.75.